The molecule has 0 aliphatic heterocycles. The lowest BCUT2D eigenvalue weighted by Crippen LogP contribution is -2.06. The molecule has 0 bridgehead atoms. The number of rotatable bonds is 7. The lowest BCUT2D eigenvalue weighted by Gasteiger charge is -2.10. The van der Waals surface area contributed by atoms with E-state index in [1.807, 2.05) is 31.2 Å². The highest BCUT2D eigenvalue weighted by molar-refractivity contribution is 5.71. The minimum atomic E-state index is -4.33. The first-order valence-corrected chi connectivity index (χ1v) is 9.37. The van der Waals surface area contributed by atoms with E-state index < -0.39 is 17.7 Å². The van der Waals surface area contributed by atoms with E-state index in [1.54, 1.807) is 11.6 Å². The van der Waals surface area contributed by atoms with Crippen LogP contribution < -0.4 is 5.32 Å². The molecule has 0 radical (unpaired) electrons. The number of carboxylic acid groups (broad SMARTS) is 1. The van der Waals surface area contributed by atoms with Gasteiger partial charge in [-0.2, -0.15) is 18.3 Å². The van der Waals surface area contributed by atoms with E-state index in [1.165, 1.54) is 12.1 Å². The van der Waals surface area contributed by atoms with Gasteiger partial charge in [0, 0.05) is 23.5 Å². The molecule has 0 amide bonds. The number of aliphatic carboxylic acids is 1. The van der Waals surface area contributed by atoms with E-state index in [0.717, 1.165) is 40.2 Å². The molecule has 1 heterocycles. The highest BCUT2D eigenvalue weighted by Crippen LogP contribution is 2.29. The number of carbonyl (C=O) groups is 1. The van der Waals surface area contributed by atoms with Crippen LogP contribution in [0, 0.1) is 13.8 Å². The summed E-state index contributed by atoms with van der Waals surface area (Å²) in [5.41, 5.74) is 4.22. The van der Waals surface area contributed by atoms with Gasteiger partial charge in [0.1, 0.15) is 0 Å². The van der Waals surface area contributed by atoms with Crippen molar-refractivity contribution < 1.29 is 23.1 Å². The fourth-order valence-corrected chi connectivity index (χ4v) is 3.21. The van der Waals surface area contributed by atoms with Gasteiger partial charge in [0.15, 0.2) is 0 Å². The van der Waals surface area contributed by atoms with Gasteiger partial charge in [0.05, 0.1) is 24.2 Å². The van der Waals surface area contributed by atoms with Gasteiger partial charge in [0.2, 0.25) is 0 Å². The second-order valence-corrected chi connectivity index (χ2v) is 7.12. The first-order chi connectivity index (χ1) is 14.1. The van der Waals surface area contributed by atoms with E-state index in [2.05, 4.69) is 10.4 Å². The number of carboxylic acids is 1. The quantitative estimate of drug-likeness (QED) is 0.579. The van der Waals surface area contributed by atoms with E-state index >= 15 is 0 Å². The van der Waals surface area contributed by atoms with Gasteiger partial charge in [-0.1, -0.05) is 24.3 Å². The first kappa shape index (κ1) is 21.4. The van der Waals surface area contributed by atoms with Gasteiger partial charge in [-0.15, -0.1) is 0 Å². The minimum Gasteiger partial charge on any atom is -0.481 e. The van der Waals surface area contributed by atoms with E-state index in [0.29, 0.717) is 18.8 Å². The predicted octanol–water partition coefficient (Wildman–Crippen LogP) is 4.81. The molecule has 8 heteroatoms. The molecule has 0 fully saturated rings. The Bertz CT molecular complexity index is 1020. The van der Waals surface area contributed by atoms with Crippen LogP contribution in [0.25, 0.3) is 0 Å². The Kier molecular flexibility index (Phi) is 6.14. The zero-order valence-corrected chi connectivity index (χ0v) is 16.6. The topological polar surface area (TPSA) is 67.2 Å². The zero-order chi connectivity index (χ0) is 21.9. The molecule has 3 aromatic rings. The molecular formula is C22H22F3N3O2. The average Bonchev–Trinajstić information content (AvgIpc) is 2.94. The van der Waals surface area contributed by atoms with Crippen LogP contribution in [0.3, 0.4) is 0 Å². The maximum Gasteiger partial charge on any atom is 0.416 e. The average molecular weight is 417 g/mol. The fourth-order valence-electron chi connectivity index (χ4n) is 3.21. The Morgan fingerprint density at radius 1 is 1.03 bits per heavy atom. The third-order valence-corrected chi connectivity index (χ3v) is 4.92. The van der Waals surface area contributed by atoms with Crippen LogP contribution in [0.5, 0.6) is 0 Å². The molecule has 2 N–H and O–H groups in total. The molecule has 3 rings (SSSR count). The van der Waals surface area contributed by atoms with Gasteiger partial charge in [0.25, 0.3) is 0 Å². The third kappa shape index (κ3) is 5.20. The summed E-state index contributed by atoms with van der Waals surface area (Å²) >= 11 is 0. The van der Waals surface area contributed by atoms with E-state index in [4.69, 9.17) is 5.11 Å². The Labute approximate surface area is 172 Å². The van der Waals surface area contributed by atoms with Crippen molar-refractivity contribution >= 4 is 11.7 Å². The van der Waals surface area contributed by atoms with Crippen molar-refractivity contribution in [1.29, 1.82) is 0 Å². The number of alkyl halides is 3. The molecule has 0 atom stereocenters. The van der Waals surface area contributed by atoms with Crippen molar-refractivity contribution in [3.8, 4) is 0 Å². The number of benzene rings is 2. The number of hydrogen-bond donors (Lipinski definition) is 2. The molecular weight excluding hydrogens is 395 g/mol. The summed E-state index contributed by atoms with van der Waals surface area (Å²) in [4.78, 5) is 11.0. The number of hydrogen-bond acceptors (Lipinski definition) is 3. The van der Waals surface area contributed by atoms with Crippen molar-refractivity contribution in [1.82, 2.24) is 9.78 Å². The summed E-state index contributed by atoms with van der Waals surface area (Å²) in [5, 5.41) is 16.7. The van der Waals surface area contributed by atoms with Crippen molar-refractivity contribution in [2.75, 3.05) is 5.32 Å². The lowest BCUT2D eigenvalue weighted by atomic mass is 10.1. The normalized spacial score (nSPS) is 11.5. The highest BCUT2D eigenvalue weighted by Gasteiger charge is 2.29. The number of halogens is 3. The van der Waals surface area contributed by atoms with Gasteiger partial charge in [-0.05, 0) is 49.2 Å². The maximum atomic E-state index is 12.6. The van der Waals surface area contributed by atoms with Crippen molar-refractivity contribution in [3.63, 3.8) is 0 Å². The van der Waals surface area contributed by atoms with Gasteiger partial charge in [-0.3, -0.25) is 9.48 Å². The highest BCUT2D eigenvalue weighted by atomic mass is 19.4. The molecule has 2 aromatic carbocycles. The van der Waals surface area contributed by atoms with Gasteiger partial charge in [-0.25, -0.2) is 0 Å². The Morgan fingerprint density at radius 2 is 1.63 bits per heavy atom. The minimum absolute atomic E-state index is 0.0511. The second kappa shape index (κ2) is 8.61. The van der Waals surface area contributed by atoms with Gasteiger partial charge >= 0.3 is 12.1 Å². The number of nitrogens with one attached hydrogen (secondary N) is 1. The van der Waals surface area contributed by atoms with Gasteiger partial charge < -0.3 is 10.4 Å². The number of aromatic nitrogens is 2. The fraction of sp³-hybridized carbons (Fsp3) is 0.273. The first-order valence-electron chi connectivity index (χ1n) is 9.37. The molecule has 1 aromatic heterocycles. The van der Waals surface area contributed by atoms with Crippen LogP contribution in [-0.4, -0.2) is 20.9 Å². The van der Waals surface area contributed by atoms with Crippen LogP contribution in [0.2, 0.25) is 0 Å². The Balaban J connectivity index is 1.61. The van der Waals surface area contributed by atoms with Crippen LogP contribution in [0.4, 0.5) is 18.9 Å². The monoisotopic (exact) mass is 417 g/mol. The molecule has 0 spiro atoms. The summed E-state index contributed by atoms with van der Waals surface area (Å²) in [5.74, 6) is -0.885. The number of nitrogens with zero attached hydrogens (tertiary/aromatic N) is 2. The summed E-state index contributed by atoms with van der Waals surface area (Å²) in [7, 11) is 0. The number of anilines is 1. The molecule has 158 valence electrons. The SMILES string of the molecule is Cc1nn(Cc2ccc(NCc3ccc(C(F)(F)F)cc3)cc2)c(C)c1CC(=O)O. The van der Waals surface area contributed by atoms with Crippen LogP contribution in [0.1, 0.15) is 33.6 Å². The van der Waals surface area contributed by atoms with Crippen molar-refractivity contribution in [2.45, 2.75) is 39.5 Å². The summed E-state index contributed by atoms with van der Waals surface area (Å²) in [6.07, 6.45) is -4.38. The zero-order valence-electron chi connectivity index (χ0n) is 16.6. The van der Waals surface area contributed by atoms with E-state index in [9.17, 15) is 18.0 Å². The van der Waals surface area contributed by atoms with Crippen LogP contribution in [-0.2, 0) is 30.5 Å². The Hall–Kier alpha value is -3.29. The second-order valence-electron chi connectivity index (χ2n) is 7.12. The van der Waals surface area contributed by atoms with Crippen molar-refractivity contribution in [3.05, 3.63) is 82.2 Å². The summed E-state index contributed by atoms with van der Waals surface area (Å²) in [6, 6.07) is 12.7. The largest absolute Gasteiger partial charge is 0.481 e. The van der Waals surface area contributed by atoms with E-state index in [-0.39, 0.29) is 6.42 Å². The molecule has 0 saturated carbocycles. The van der Waals surface area contributed by atoms with Crippen LogP contribution >= 0.6 is 0 Å². The molecule has 0 unspecified atom stereocenters. The van der Waals surface area contributed by atoms with Crippen molar-refractivity contribution in [2.24, 2.45) is 0 Å². The maximum absolute atomic E-state index is 12.6. The molecule has 0 aliphatic carbocycles. The summed E-state index contributed by atoms with van der Waals surface area (Å²) < 4.78 is 39.7. The van der Waals surface area contributed by atoms with Crippen LogP contribution in [0.15, 0.2) is 48.5 Å². The third-order valence-electron chi connectivity index (χ3n) is 4.92. The Morgan fingerprint density at radius 3 is 2.20 bits per heavy atom. The molecule has 0 aliphatic rings. The predicted molar refractivity (Wildman–Crippen MR) is 107 cm³/mol. The lowest BCUT2D eigenvalue weighted by molar-refractivity contribution is -0.138. The molecule has 5 nitrogen and oxygen atoms in total. The summed E-state index contributed by atoms with van der Waals surface area (Å²) in [6.45, 7) is 4.59. The molecule has 30 heavy (non-hydrogen) atoms. The number of aryl methyl sites for hydroxylation is 1. The molecule has 0 saturated heterocycles. The standard InChI is InChI=1S/C22H22F3N3O2/c1-14-20(11-21(29)30)15(2)28(27-14)13-17-5-9-19(10-6-17)26-12-16-3-7-18(8-4-16)22(23,24)25/h3-10,26H,11-13H2,1-2H3,(H,29,30). The smallest absolute Gasteiger partial charge is 0.416 e.